The van der Waals surface area contributed by atoms with Crippen LogP contribution in [0, 0.1) is 0 Å². The van der Waals surface area contributed by atoms with E-state index >= 15 is 0 Å². The third kappa shape index (κ3) is 3.76. The second kappa shape index (κ2) is 6.04. The monoisotopic (exact) mass is 254 g/mol. The van der Waals surface area contributed by atoms with Crippen LogP contribution in [-0.2, 0) is 11.3 Å². The van der Waals surface area contributed by atoms with Gasteiger partial charge in [0.25, 0.3) is 0 Å². The number of carboxylic acids is 1. The summed E-state index contributed by atoms with van der Waals surface area (Å²) in [5, 5.41) is 15.1. The fraction of sp³-hybridized carbons (Fsp3) is 0.545. The molecule has 7 heteroatoms. The third-order valence-corrected chi connectivity index (χ3v) is 2.75. The average Bonchev–Trinajstić information content (AvgIpc) is 2.73. The molecule has 100 valence electrons. The maximum Gasteiger partial charge on any atom is 0.325 e. The molecule has 0 saturated carbocycles. The number of carbonyl (C=O) groups excluding carboxylic acids is 1. The van der Waals surface area contributed by atoms with Gasteiger partial charge < -0.3 is 15.3 Å². The summed E-state index contributed by atoms with van der Waals surface area (Å²) in [6.07, 6.45) is 3.77. The molecule has 0 aliphatic carbocycles. The van der Waals surface area contributed by atoms with Gasteiger partial charge in [0.05, 0.1) is 11.9 Å². The number of aliphatic carboxylic acids is 1. The van der Waals surface area contributed by atoms with Crippen molar-refractivity contribution in [1.29, 1.82) is 0 Å². The van der Waals surface area contributed by atoms with Gasteiger partial charge in [-0.15, -0.1) is 0 Å². The lowest BCUT2D eigenvalue weighted by molar-refractivity contribution is -0.137. The second-order valence-corrected chi connectivity index (χ2v) is 4.12. The number of nitrogens with one attached hydrogen (secondary N) is 1. The normalized spacial score (nSPS) is 11.9. The van der Waals surface area contributed by atoms with E-state index < -0.39 is 5.97 Å². The maximum atomic E-state index is 11.8. The van der Waals surface area contributed by atoms with Crippen molar-refractivity contribution < 1.29 is 14.7 Å². The number of aromatic nitrogens is 2. The van der Waals surface area contributed by atoms with Crippen LogP contribution in [-0.4, -0.2) is 44.9 Å². The van der Waals surface area contributed by atoms with Crippen molar-refractivity contribution in [2.75, 3.05) is 12.4 Å². The molecule has 0 radical (unpaired) electrons. The fourth-order valence-corrected chi connectivity index (χ4v) is 1.34. The third-order valence-electron chi connectivity index (χ3n) is 2.75. The number of amides is 2. The molecule has 1 aromatic heterocycles. The Morgan fingerprint density at radius 1 is 1.61 bits per heavy atom. The molecule has 0 spiro atoms. The van der Waals surface area contributed by atoms with Gasteiger partial charge in [-0.25, -0.2) is 4.79 Å². The number of hydrogen-bond donors (Lipinski definition) is 2. The Kier molecular flexibility index (Phi) is 4.70. The van der Waals surface area contributed by atoms with Crippen LogP contribution in [0.1, 0.15) is 20.3 Å². The van der Waals surface area contributed by atoms with Gasteiger partial charge in [-0.3, -0.25) is 9.48 Å². The van der Waals surface area contributed by atoms with Crippen LogP contribution in [0.2, 0.25) is 0 Å². The molecule has 0 fully saturated rings. The van der Waals surface area contributed by atoms with Crippen molar-refractivity contribution in [3.8, 4) is 0 Å². The van der Waals surface area contributed by atoms with Crippen LogP contribution in [0.15, 0.2) is 12.4 Å². The topological polar surface area (TPSA) is 87.5 Å². The first-order valence-electron chi connectivity index (χ1n) is 5.72. The quantitative estimate of drug-likeness (QED) is 0.827. The van der Waals surface area contributed by atoms with Gasteiger partial charge in [-0.05, 0) is 13.3 Å². The van der Waals surface area contributed by atoms with Crippen molar-refractivity contribution in [2.24, 2.45) is 0 Å². The zero-order valence-electron chi connectivity index (χ0n) is 10.8. The molecule has 2 N–H and O–H groups in total. The molecular weight excluding hydrogens is 236 g/mol. The van der Waals surface area contributed by atoms with Crippen molar-refractivity contribution in [3.63, 3.8) is 0 Å². The number of carboxylic acid groups (broad SMARTS) is 1. The van der Waals surface area contributed by atoms with Gasteiger partial charge in [0, 0.05) is 19.3 Å². The summed E-state index contributed by atoms with van der Waals surface area (Å²) >= 11 is 0. The Hall–Kier alpha value is -2.05. The first kappa shape index (κ1) is 14.0. The Labute approximate surface area is 105 Å². The summed E-state index contributed by atoms with van der Waals surface area (Å²) in [5.74, 6) is -0.979. The molecule has 0 aliphatic heterocycles. The van der Waals surface area contributed by atoms with Crippen LogP contribution in [0.5, 0.6) is 0 Å². The van der Waals surface area contributed by atoms with Crippen LogP contribution < -0.4 is 5.32 Å². The van der Waals surface area contributed by atoms with Crippen LogP contribution in [0.4, 0.5) is 10.5 Å². The van der Waals surface area contributed by atoms with Crippen molar-refractivity contribution in [2.45, 2.75) is 32.9 Å². The Morgan fingerprint density at radius 3 is 2.83 bits per heavy atom. The Morgan fingerprint density at radius 2 is 2.28 bits per heavy atom. The SMILES string of the molecule is CCC(C)N(C)C(=O)Nc1cnn(CC(=O)O)c1. The Balaban J connectivity index is 2.59. The predicted octanol–water partition coefficient (Wildman–Crippen LogP) is 1.23. The number of rotatable bonds is 5. The van der Waals surface area contributed by atoms with E-state index in [1.807, 2.05) is 13.8 Å². The number of nitrogens with zero attached hydrogens (tertiary/aromatic N) is 3. The largest absolute Gasteiger partial charge is 0.480 e. The van der Waals surface area contributed by atoms with E-state index in [0.717, 1.165) is 6.42 Å². The summed E-state index contributed by atoms with van der Waals surface area (Å²) in [6.45, 7) is 3.73. The highest BCUT2D eigenvalue weighted by atomic mass is 16.4. The summed E-state index contributed by atoms with van der Waals surface area (Å²) < 4.78 is 1.25. The van der Waals surface area contributed by atoms with Gasteiger partial charge in [0.2, 0.25) is 0 Å². The molecule has 2 amide bonds. The van der Waals surface area contributed by atoms with E-state index in [-0.39, 0.29) is 18.6 Å². The smallest absolute Gasteiger partial charge is 0.325 e. The predicted molar refractivity (Wildman–Crippen MR) is 66.4 cm³/mol. The molecule has 1 heterocycles. The van der Waals surface area contributed by atoms with E-state index in [0.29, 0.717) is 5.69 Å². The summed E-state index contributed by atoms with van der Waals surface area (Å²) in [5.41, 5.74) is 0.483. The van der Waals surface area contributed by atoms with Crippen molar-refractivity contribution in [3.05, 3.63) is 12.4 Å². The van der Waals surface area contributed by atoms with E-state index in [2.05, 4.69) is 10.4 Å². The number of urea groups is 1. The fourth-order valence-electron chi connectivity index (χ4n) is 1.34. The molecule has 0 bridgehead atoms. The van der Waals surface area contributed by atoms with Crippen LogP contribution in [0.25, 0.3) is 0 Å². The molecule has 0 saturated heterocycles. The van der Waals surface area contributed by atoms with Gasteiger partial charge in [-0.2, -0.15) is 5.10 Å². The molecule has 7 nitrogen and oxygen atoms in total. The number of anilines is 1. The highest BCUT2D eigenvalue weighted by molar-refractivity contribution is 5.89. The molecule has 0 aliphatic rings. The lowest BCUT2D eigenvalue weighted by atomic mass is 10.2. The highest BCUT2D eigenvalue weighted by Gasteiger charge is 2.14. The van der Waals surface area contributed by atoms with Crippen LogP contribution in [0.3, 0.4) is 0 Å². The first-order chi connectivity index (χ1) is 8.43. The van der Waals surface area contributed by atoms with Crippen LogP contribution >= 0.6 is 0 Å². The lowest BCUT2D eigenvalue weighted by Crippen LogP contribution is -2.37. The molecule has 1 unspecified atom stereocenters. The first-order valence-corrected chi connectivity index (χ1v) is 5.72. The van der Waals surface area contributed by atoms with E-state index in [1.54, 1.807) is 11.9 Å². The summed E-state index contributed by atoms with van der Waals surface area (Å²) in [6, 6.07) is -0.0988. The van der Waals surface area contributed by atoms with E-state index in [4.69, 9.17) is 5.11 Å². The van der Waals surface area contributed by atoms with E-state index in [9.17, 15) is 9.59 Å². The van der Waals surface area contributed by atoms with Crippen molar-refractivity contribution in [1.82, 2.24) is 14.7 Å². The van der Waals surface area contributed by atoms with E-state index in [1.165, 1.54) is 17.1 Å². The maximum absolute atomic E-state index is 11.8. The zero-order valence-corrected chi connectivity index (χ0v) is 10.8. The molecule has 0 aromatic carbocycles. The van der Waals surface area contributed by atoms with Gasteiger partial charge in [0.1, 0.15) is 6.54 Å². The van der Waals surface area contributed by atoms with Gasteiger partial charge in [-0.1, -0.05) is 6.92 Å². The summed E-state index contributed by atoms with van der Waals surface area (Å²) in [7, 11) is 1.71. The molecular formula is C11H18N4O3. The minimum atomic E-state index is -0.979. The number of hydrogen-bond acceptors (Lipinski definition) is 3. The Bertz CT molecular complexity index is 430. The molecule has 1 aromatic rings. The second-order valence-electron chi connectivity index (χ2n) is 4.12. The zero-order chi connectivity index (χ0) is 13.7. The number of carbonyl (C=O) groups is 2. The summed E-state index contributed by atoms with van der Waals surface area (Å²) in [4.78, 5) is 23.9. The lowest BCUT2D eigenvalue weighted by Gasteiger charge is -2.23. The molecule has 1 rings (SSSR count). The highest BCUT2D eigenvalue weighted by Crippen LogP contribution is 2.08. The van der Waals surface area contributed by atoms with Gasteiger partial charge in [0.15, 0.2) is 0 Å². The average molecular weight is 254 g/mol. The molecule has 18 heavy (non-hydrogen) atoms. The van der Waals surface area contributed by atoms with Crippen molar-refractivity contribution >= 4 is 17.7 Å². The van der Waals surface area contributed by atoms with Gasteiger partial charge >= 0.3 is 12.0 Å². The minimum absolute atomic E-state index is 0.138. The molecule has 1 atom stereocenters. The standard InChI is InChI=1S/C11H18N4O3/c1-4-8(2)14(3)11(18)13-9-5-12-15(6-9)7-10(16)17/h5-6,8H,4,7H2,1-3H3,(H,13,18)(H,16,17). The minimum Gasteiger partial charge on any atom is -0.480 e.